The van der Waals surface area contributed by atoms with Crippen LogP contribution < -0.4 is 9.64 Å². The Morgan fingerprint density at radius 1 is 1.20 bits per heavy atom. The van der Waals surface area contributed by atoms with Crippen LogP contribution in [0.2, 0.25) is 5.02 Å². The number of aliphatic hydroxyl groups excluding tert-OH is 1. The van der Waals surface area contributed by atoms with Gasteiger partial charge in [0.25, 0.3) is 0 Å². The summed E-state index contributed by atoms with van der Waals surface area (Å²) in [7, 11) is 0. The highest BCUT2D eigenvalue weighted by Crippen LogP contribution is 2.36. The van der Waals surface area contributed by atoms with E-state index >= 15 is 4.39 Å². The highest BCUT2D eigenvalue weighted by molar-refractivity contribution is 6.30. The second kappa shape index (κ2) is 11.5. The number of benzene rings is 2. The quantitative estimate of drug-likeness (QED) is 0.468. The molecule has 2 heterocycles. The average Bonchev–Trinajstić information content (AvgIpc) is 2.89. The molecule has 1 aliphatic rings. The molecule has 0 unspecified atom stereocenters. The van der Waals surface area contributed by atoms with Crippen LogP contribution in [0.1, 0.15) is 42.2 Å². The largest absolute Gasteiger partial charge is 0.493 e. The predicted octanol–water partition coefficient (Wildman–Crippen LogP) is 5.13. The van der Waals surface area contributed by atoms with E-state index in [0.717, 1.165) is 12.0 Å². The Hall–Kier alpha value is -3.18. The van der Waals surface area contributed by atoms with E-state index < -0.39 is 0 Å². The lowest BCUT2D eigenvalue weighted by atomic mass is 9.99. The molecule has 4 rings (SSSR count). The van der Waals surface area contributed by atoms with Gasteiger partial charge in [-0.15, -0.1) is 0 Å². The first-order valence-corrected chi connectivity index (χ1v) is 12.1. The minimum Gasteiger partial charge on any atom is -0.493 e. The standard InChI is InChI=1S/C27H28ClFN4O2/c1-2-13-35-22-8-10-25(23(29)14-22)33-12-11-32(17-26(33)20-4-6-21(28)7-5-20)27(18-34)24-9-3-19(15-30)16-31-24/h3-10,14,16,26-27,34H,2,11-13,17-18H2,1H3/t26-,27-/m0/s1. The Kier molecular flexibility index (Phi) is 8.19. The van der Waals surface area contributed by atoms with Crippen LogP contribution in [0.15, 0.2) is 60.8 Å². The molecule has 2 aromatic carbocycles. The number of halogens is 2. The third-order valence-corrected chi connectivity index (χ3v) is 6.49. The molecule has 0 spiro atoms. The molecule has 0 aliphatic carbocycles. The molecular formula is C27H28ClFN4O2. The Labute approximate surface area is 210 Å². The van der Waals surface area contributed by atoms with Crippen LogP contribution in [0.5, 0.6) is 5.75 Å². The molecule has 0 radical (unpaired) electrons. The van der Waals surface area contributed by atoms with Crippen LogP contribution in [0.4, 0.5) is 10.1 Å². The third-order valence-electron chi connectivity index (χ3n) is 6.24. The van der Waals surface area contributed by atoms with E-state index in [1.165, 1.54) is 12.3 Å². The van der Waals surface area contributed by atoms with Gasteiger partial charge in [0.15, 0.2) is 0 Å². The van der Waals surface area contributed by atoms with Crippen molar-refractivity contribution in [3.05, 3.63) is 88.5 Å². The molecule has 1 N–H and O–H groups in total. The van der Waals surface area contributed by atoms with Gasteiger partial charge in [-0.25, -0.2) is 4.39 Å². The number of nitrogens with zero attached hydrogens (tertiary/aromatic N) is 4. The van der Waals surface area contributed by atoms with Gasteiger partial charge in [-0.3, -0.25) is 9.88 Å². The monoisotopic (exact) mass is 494 g/mol. The number of ether oxygens (including phenoxy) is 1. The Bertz CT molecular complexity index is 1170. The van der Waals surface area contributed by atoms with Crippen molar-refractivity contribution in [1.29, 1.82) is 5.26 Å². The molecule has 8 heteroatoms. The van der Waals surface area contributed by atoms with E-state index in [4.69, 9.17) is 21.6 Å². The average molecular weight is 495 g/mol. The van der Waals surface area contributed by atoms with Crippen LogP contribution in [0.3, 0.4) is 0 Å². The number of rotatable bonds is 8. The first kappa shape index (κ1) is 24.9. The van der Waals surface area contributed by atoms with Gasteiger partial charge in [0.05, 0.1) is 42.2 Å². The van der Waals surface area contributed by atoms with Crippen molar-refractivity contribution in [3.63, 3.8) is 0 Å². The summed E-state index contributed by atoms with van der Waals surface area (Å²) in [5.41, 5.74) is 2.66. The van der Waals surface area contributed by atoms with Crippen molar-refractivity contribution in [2.75, 3.05) is 37.7 Å². The summed E-state index contributed by atoms with van der Waals surface area (Å²) in [6.07, 6.45) is 2.37. The number of pyridine rings is 1. The van der Waals surface area contributed by atoms with Crippen LogP contribution in [-0.4, -0.2) is 47.8 Å². The van der Waals surface area contributed by atoms with Gasteiger partial charge in [-0.1, -0.05) is 30.7 Å². The summed E-state index contributed by atoms with van der Waals surface area (Å²) in [5.74, 6) is 0.181. The number of hydrogen-bond acceptors (Lipinski definition) is 6. The normalized spacial score (nSPS) is 17.1. The molecule has 0 amide bonds. The predicted molar refractivity (Wildman–Crippen MR) is 134 cm³/mol. The lowest BCUT2D eigenvalue weighted by Gasteiger charge is -2.45. The van der Waals surface area contributed by atoms with Gasteiger partial charge < -0.3 is 14.7 Å². The van der Waals surface area contributed by atoms with Crippen molar-refractivity contribution in [1.82, 2.24) is 9.88 Å². The topological polar surface area (TPSA) is 72.6 Å². The fourth-order valence-corrected chi connectivity index (χ4v) is 4.57. The van der Waals surface area contributed by atoms with Gasteiger partial charge in [-0.05, 0) is 48.4 Å². The minimum atomic E-state index is -0.339. The molecule has 1 saturated heterocycles. The molecule has 0 saturated carbocycles. The maximum atomic E-state index is 15.2. The van der Waals surface area contributed by atoms with Crippen molar-refractivity contribution < 1.29 is 14.2 Å². The summed E-state index contributed by atoms with van der Waals surface area (Å²) in [5, 5.41) is 19.9. The van der Waals surface area contributed by atoms with E-state index in [1.54, 1.807) is 24.3 Å². The highest BCUT2D eigenvalue weighted by atomic mass is 35.5. The van der Waals surface area contributed by atoms with Crippen molar-refractivity contribution in [2.45, 2.75) is 25.4 Å². The smallest absolute Gasteiger partial charge is 0.150 e. The fourth-order valence-electron chi connectivity index (χ4n) is 4.44. The number of piperazine rings is 1. The molecule has 182 valence electrons. The van der Waals surface area contributed by atoms with Gasteiger partial charge in [-0.2, -0.15) is 5.26 Å². The fraction of sp³-hybridized carbons (Fsp3) is 0.333. The molecule has 2 atom stereocenters. The Morgan fingerprint density at radius 3 is 2.63 bits per heavy atom. The number of aromatic nitrogens is 1. The molecule has 1 aromatic heterocycles. The third kappa shape index (κ3) is 5.73. The van der Waals surface area contributed by atoms with Crippen molar-refractivity contribution >= 4 is 17.3 Å². The van der Waals surface area contributed by atoms with E-state index in [0.29, 0.717) is 54.0 Å². The second-order valence-electron chi connectivity index (χ2n) is 8.50. The van der Waals surface area contributed by atoms with E-state index in [1.807, 2.05) is 31.2 Å². The van der Waals surface area contributed by atoms with E-state index in [9.17, 15) is 5.11 Å². The summed E-state index contributed by atoms with van der Waals surface area (Å²) in [6, 6.07) is 17.6. The summed E-state index contributed by atoms with van der Waals surface area (Å²) in [6.45, 7) is 4.12. The van der Waals surface area contributed by atoms with Crippen molar-refractivity contribution in [3.8, 4) is 11.8 Å². The van der Waals surface area contributed by atoms with Crippen LogP contribution >= 0.6 is 11.6 Å². The zero-order valence-corrected chi connectivity index (χ0v) is 20.3. The summed E-state index contributed by atoms with van der Waals surface area (Å²) >= 11 is 6.13. The SMILES string of the molecule is CCCOc1ccc(N2CCN([C@@H](CO)c3ccc(C#N)cn3)C[C@H]2c2ccc(Cl)cc2)c(F)c1. The lowest BCUT2D eigenvalue weighted by molar-refractivity contribution is 0.1000. The maximum absolute atomic E-state index is 15.2. The summed E-state index contributed by atoms with van der Waals surface area (Å²) in [4.78, 5) is 8.61. The maximum Gasteiger partial charge on any atom is 0.150 e. The second-order valence-corrected chi connectivity index (χ2v) is 8.94. The van der Waals surface area contributed by atoms with Crippen molar-refractivity contribution in [2.24, 2.45) is 0 Å². The van der Waals surface area contributed by atoms with E-state index in [-0.39, 0.29) is 24.5 Å². The van der Waals surface area contributed by atoms with Gasteiger partial charge >= 0.3 is 0 Å². The molecule has 6 nitrogen and oxygen atoms in total. The molecule has 0 bridgehead atoms. The summed E-state index contributed by atoms with van der Waals surface area (Å²) < 4.78 is 20.8. The zero-order valence-electron chi connectivity index (χ0n) is 19.6. The Balaban J connectivity index is 1.64. The number of anilines is 1. The molecule has 1 fully saturated rings. The van der Waals surface area contributed by atoms with Crippen LogP contribution in [-0.2, 0) is 0 Å². The number of nitriles is 1. The molecule has 1 aliphatic heterocycles. The van der Waals surface area contributed by atoms with Gasteiger partial charge in [0.2, 0.25) is 0 Å². The number of aliphatic hydroxyl groups is 1. The molecular weight excluding hydrogens is 467 g/mol. The highest BCUT2D eigenvalue weighted by Gasteiger charge is 2.34. The van der Waals surface area contributed by atoms with Crippen LogP contribution in [0, 0.1) is 17.1 Å². The van der Waals surface area contributed by atoms with E-state index in [2.05, 4.69) is 20.9 Å². The first-order valence-electron chi connectivity index (χ1n) is 11.7. The number of hydrogen-bond donors (Lipinski definition) is 1. The Morgan fingerprint density at radius 2 is 2.00 bits per heavy atom. The minimum absolute atomic E-state index is 0.121. The molecule has 3 aromatic rings. The van der Waals surface area contributed by atoms with Gasteiger partial charge in [0.1, 0.15) is 17.6 Å². The van der Waals surface area contributed by atoms with Gasteiger partial charge in [0, 0.05) is 36.9 Å². The first-order chi connectivity index (χ1) is 17.0. The lowest BCUT2D eigenvalue weighted by Crippen LogP contribution is -2.50. The zero-order chi connectivity index (χ0) is 24.8. The molecule has 35 heavy (non-hydrogen) atoms. The van der Waals surface area contributed by atoms with Crippen LogP contribution in [0.25, 0.3) is 0 Å².